The number of piperazine rings is 1. The lowest BCUT2D eigenvalue weighted by Gasteiger charge is -2.33. The van der Waals surface area contributed by atoms with Crippen molar-refractivity contribution in [1.82, 2.24) is 9.80 Å². The van der Waals surface area contributed by atoms with Crippen LogP contribution in [0.15, 0.2) is 18.2 Å². The number of amides is 1. The number of hydrogen-bond donors (Lipinski definition) is 0. The molecule has 0 aliphatic carbocycles. The number of alkyl halides is 3. The topological polar surface area (TPSA) is 26.8 Å². The molecule has 0 spiro atoms. The summed E-state index contributed by atoms with van der Waals surface area (Å²) in [6.07, 6.45) is -2.56. The first-order valence-corrected chi connectivity index (χ1v) is 8.30. The lowest BCUT2D eigenvalue weighted by Crippen LogP contribution is -2.47. The van der Waals surface area contributed by atoms with Gasteiger partial charge in [0, 0.05) is 45.0 Å². The Morgan fingerprint density at radius 2 is 1.62 bits per heavy atom. The minimum Gasteiger partial charge on any atom is -0.372 e. The summed E-state index contributed by atoms with van der Waals surface area (Å²) in [5.74, 6) is -0.525. The van der Waals surface area contributed by atoms with E-state index in [2.05, 4.69) is 4.90 Å². The smallest absolute Gasteiger partial charge is 0.372 e. The molecule has 7 heteroatoms. The average Bonchev–Trinajstić information content (AvgIpc) is 3.08. The van der Waals surface area contributed by atoms with Gasteiger partial charge in [-0.2, -0.15) is 13.2 Å². The van der Waals surface area contributed by atoms with Gasteiger partial charge in [-0.15, -0.1) is 0 Å². The minimum absolute atomic E-state index is 0.241. The predicted molar refractivity (Wildman–Crippen MR) is 86.3 cm³/mol. The number of nitrogens with zero attached hydrogens (tertiary/aromatic N) is 3. The molecule has 132 valence electrons. The number of hydrogen-bond acceptors (Lipinski definition) is 3. The summed E-state index contributed by atoms with van der Waals surface area (Å²) in [6, 6.07) is 4.12. The van der Waals surface area contributed by atoms with Crippen molar-refractivity contribution < 1.29 is 18.0 Å². The van der Waals surface area contributed by atoms with Gasteiger partial charge in [-0.05, 0) is 38.1 Å². The highest BCUT2D eigenvalue weighted by atomic mass is 19.4. The van der Waals surface area contributed by atoms with Gasteiger partial charge in [0.25, 0.3) is 5.91 Å². The molecule has 0 unspecified atom stereocenters. The molecule has 0 N–H and O–H groups in total. The molecule has 0 aromatic heterocycles. The Kier molecular flexibility index (Phi) is 4.71. The van der Waals surface area contributed by atoms with Gasteiger partial charge < -0.3 is 14.7 Å². The highest BCUT2D eigenvalue weighted by Crippen LogP contribution is 2.36. The summed E-state index contributed by atoms with van der Waals surface area (Å²) < 4.78 is 40.5. The van der Waals surface area contributed by atoms with Crippen LogP contribution in [-0.2, 0) is 6.18 Å². The van der Waals surface area contributed by atoms with Gasteiger partial charge in [0.1, 0.15) is 0 Å². The average molecular weight is 341 g/mol. The molecule has 2 aliphatic rings. The Bertz CT molecular complexity index is 604. The summed E-state index contributed by atoms with van der Waals surface area (Å²) in [4.78, 5) is 18.1. The monoisotopic (exact) mass is 341 g/mol. The van der Waals surface area contributed by atoms with Crippen molar-refractivity contribution >= 4 is 11.6 Å². The van der Waals surface area contributed by atoms with E-state index in [-0.39, 0.29) is 5.56 Å². The van der Waals surface area contributed by atoms with Crippen molar-refractivity contribution in [3.05, 3.63) is 29.3 Å². The Morgan fingerprint density at radius 1 is 1.00 bits per heavy atom. The predicted octanol–water partition coefficient (Wildman–Crippen LogP) is 2.69. The molecule has 1 aromatic carbocycles. The molecular formula is C17H22F3N3O. The third-order valence-electron chi connectivity index (χ3n) is 4.80. The van der Waals surface area contributed by atoms with Crippen molar-refractivity contribution in [2.75, 3.05) is 51.2 Å². The highest BCUT2D eigenvalue weighted by molar-refractivity contribution is 5.96. The van der Waals surface area contributed by atoms with Gasteiger partial charge in [0.05, 0.1) is 11.1 Å². The van der Waals surface area contributed by atoms with E-state index < -0.39 is 17.6 Å². The van der Waals surface area contributed by atoms with Crippen LogP contribution in [-0.4, -0.2) is 62.0 Å². The van der Waals surface area contributed by atoms with Gasteiger partial charge in [0.15, 0.2) is 0 Å². The van der Waals surface area contributed by atoms with Crippen molar-refractivity contribution in [3.8, 4) is 0 Å². The van der Waals surface area contributed by atoms with Gasteiger partial charge in [-0.1, -0.05) is 0 Å². The second kappa shape index (κ2) is 6.63. The second-order valence-corrected chi connectivity index (χ2v) is 6.52. The van der Waals surface area contributed by atoms with E-state index in [0.717, 1.165) is 32.0 Å². The summed E-state index contributed by atoms with van der Waals surface area (Å²) in [5, 5.41) is 0. The molecule has 2 saturated heterocycles. The van der Waals surface area contributed by atoms with E-state index in [1.807, 2.05) is 11.9 Å². The molecule has 0 radical (unpaired) electrons. The third kappa shape index (κ3) is 3.50. The van der Waals surface area contributed by atoms with Crippen LogP contribution in [0.5, 0.6) is 0 Å². The van der Waals surface area contributed by atoms with Crippen LogP contribution in [0.3, 0.4) is 0 Å². The number of anilines is 1. The number of likely N-dealkylation sites (N-methyl/N-ethyl adjacent to an activating group) is 1. The first kappa shape index (κ1) is 17.1. The van der Waals surface area contributed by atoms with E-state index in [9.17, 15) is 18.0 Å². The van der Waals surface area contributed by atoms with Crippen molar-refractivity contribution in [3.63, 3.8) is 0 Å². The number of carbonyl (C=O) groups excluding carboxylic acids is 1. The zero-order chi connectivity index (χ0) is 17.3. The summed E-state index contributed by atoms with van der Waals surface area (Å²) >= 11 is 0. The maximum absolute atomic E-state index is 13.5. The molecule has 1 aromatic rings. The van der Waals surface area contributed by atoms with Crippen LogP contribution in [0, 0.1) is 0 Å². The molecule has 0 bridgehead atoms. The maximum Gasteiger partial charge on any atom is 0.417 e. The molecule has 2 fully saturated rings. The van der Waals surface area contributed by atoms with E-state index in [4.69, 9.17) is 0 Å². The first-order chi connectivity index (χ1) is 11.4. The van der Waals surface area contributed by atoms with E-state index >= 15 is 0 Å². The molecule has 0 saturated carbocycles. The SMILES string of the molecule is CN1CCN(C(=O)c2ccc(N3CCCC3)cc2C(F)(F)F)CC1. The lowest BCUT2D eigenvalue weighted by atomic mass is 10.0. The standard InChI is InChI=1S/C17H22F3N3O/c1-21-8-10-23(11-9-21)16(24)14-5-4-13(22-6-2-3-7-22)12-15(14)17(18,19)20/h4-5,12H,2-3,6-11H2,1H3. The lowest BCUT2D eigenvalue weighted by molar-refractivity contribution is -0.138. The quantitative estimate of drug-likeness (QED) is 0.828. The fraction of sp³-hybridized carbons (Fsp3) is 0.588. The summed E-state index contributed by atoms with van der Waals surface area (Å²) in [6.45, 7) is 3.81. The van der Waals surface area contributed by atoms with E-state index in [0.29, 0.717) is 31.9 Å². The number of rotatable bonds is 2. The number of halogens is 3. The molecular weight excluding hydrogens is 319 g/mol. The van der Waals surface area contributed by atoms with Crippen molar-refractivity contribution in [2.24, 2.45) is 0 Å². The van der Waals surface area contributed by atoms with Gasteiger partial charge >= 0.3 is 6.18 Å². The van der Waals surface area contributed by atoms with Crippen molar-refractivity contribution in [1.29, 1.82) is 0 Å². The zero-order valence-electron chi connectivity index (χ0n) is 13.8. The fourth-order valence-electron chi connectivity index (χ4n) is 3.31. The Hall–Kier alpha value is -1.76. The highest BCUT2D eigenvalue weighted by Gasteiger charge is 2.37. The van der Waals surface area contributed by atoms with Crippen LogP contribution in [0.25, 0.3) is 0 Å². The van der Waals surface area contributed by atoms with Crippen LogP contribution in [0.1, 0.15) is 28.8 Å². The van der Waals surface area contributed by atoms with Gasteiger partial charge in [-0.3, -0.25) is 4.79 Å². The zero-order valence-corrected chi connectivity index (χ0v) is 13.8. The molecule has 2 aliphatic heterocycles. The molecule has 2 heterocycles. The van der Waals surface area contributed by atoms with Crippen molar-refractivity contribution in [2.45, 2.75) is 19.0 Å². The van der Waals surface area contributed by atoms with Crippen LogP contribution in [0.2, 0.25) is 0 Å². The third-order valence-corrected chi connectivity index (χ3v) is 4.80. The normalized spacial score (nSPS) is 19.8. The van der Waals surface area contributed by atoms with Crippen LogP contribution < -0.4 is 4.90 Å². The van der Waals surface area contributed by atoms with E-state index in [1.165, 1.54) is 11.0 Å². The first-order valence-electron chi connectivity index (χ1n) is 8.30. The molecule has 0 atom stereocenters. The largest absolute Gasteiger partial charge is 0.417 e. The molecule has 24 heavy (non-hydrogen) atoms. The van der Waals surface area contributed by atoms with Crippen LogP contribution in [0.4, 0.5) is 18.9 Å². The second-order valence-electron chi connectivity index (χ2n) is 6.52. The fourth-order valence-corrected chi connectivity index (χ4v) is 3.31. The Labute approximate surface area is 139 Å². The molecule has 1 amide bonds. The maximum atomic E-state index is 13.5. The van der Waals surface area contributed by atoms with Crippen LogP contribution >= 0.6 is 0 Å². The molecule has 4 nitrogen and oxygen atoms in total. The number of carbonyl (C=O) groups is 1. The summed E-state index contributed by atoms with van der Waals surface area (Å²) in [5.41, 5.74) is -0.513. The Morgan fingerprint density at radius 3 is 2.21 bits per heavy atom. The summed E-state index contributed by atoms with van der Waals surface area (Å²) in [7, 11) is 1.94. The number of benzene rings is 1. The Balaban J connectivity index is 1.90. The minimum atomic E-state index is -4.53. The molecule has 3 rings (SSSR count). The van der Waals surface area contributed by atoms with Gasteiger partial charge in [-0.25, -0.2) is 0 Å². The van der Waals surface area contributed by atoms with E-state index in [1.54, 1.807) is 6.07 Å². The van der Waals surface area contributed by atoms with Gasteiger partial charge in [0.2, 0.25) is 0 Å².